The molecule has 15 heteroatoms. The average Bonchev–Trinajstić information content (AvgIpc) is 2.75. The number of aromatic nitrogens is 3. The number of carboxylic acid groups (broad SMARTS) is 3. The van der Waals surface area contributed by atoms with E-state index in [0.717, 1.165) is 20.8 Å². The molecule has 3 N–H and O–H groups in total. The van der Waals surface area contributed by atoms with Crippen molar-refractivity contribution >= 4 is 35.3 Å². The summed E-state index contributed by atoms with van der Waals surface area (Å²) < 4.78 is -0.817. The normalized spacial score (nSPS) is 16.2. The van der Waals surface area contributed by atoms with E-state index < -0.39 is 88.2 Å². The molecule has 15 nitrogen and oxygen atoms in total. The molecule has 0 radical (unpaired) electrons. The van der Waals surface area contributed by atoms with Crippen LogP contribution in [0.25, 0.3) is 0 Å². The van der Waals surface area contributed by atoms with E-state index in [4.69, 9.17) is 0 Å². The fourth-order valence-corrected chi connectivity index (χ4v) is 4.41. The summed E-state index contributed by atoms with van der Waals surface area (Å²) in [4.78, 5) is 115. The molecule has 0 saturated heterocycles. The van der Waals surface area contributed by atoms with Gasteiger partial charge in [-0.05, 0) is 40.0 Å². The Morgan fingerprint density at radius 3 is 0.778 bits per heavy atom. The molecule has 198 valence electrons. The van der Waals surface area contributed by atoms with E-state index in [2.05, 4.69) is 0 Å². The van der Waals surface area contributed by atoms with Crippen LogP contribution < -0.4 is 17.1 Å². The van der Waals surface area contributed by atoms with Crippen molar-refractivity contribution in [3.8, 4) is 0 Å². The minimum absolute atomic E-state index is 0.272. The summed E-state index contributed by atoms with van der Waals surface area (Å²) in [6, 6.07) is 0. The number of ketones is 3. The van der Waals surface area contributed by atoms with Gasteiger partial charge in [-0.25, -0.2) is 42.5 Å². The Morgan fingerprint density at radius 1 is 0.528 bits per heavy atom. The first-order valence-corrected chi connectivity index (χ1v) is 10.7. The standard InChI is InChI=1S/C21H27N3O12/c1-7-19(10(4)25,13(28)29)22-16(34)23(20(8-2,11(5)26)14(30)31)18(36)24(17(22)35)21(9-3,12(6)27)15(32)33/h7-9H2,1-6H3,(H,28,29)(H,30,31)(H,32,33). The molecule has 0 aliphatic carbocycles. The Kier molecular flexibility index (Phi) is 8.15. The number of carboxylic acids is 3. The Bertz CT molecular complexity index is 1110. The first kappa shape index (κ1) is 29.9. The van der Waals surface area contributed by atoms with E-state index >= 15 is 0 Å². The zero-order chi connectivity index (χ0) is 28.5. The maximum Gasteiger partial charge on any atom is 0.339 e. The van der Waals surface area contributed by atoms with Crippen molar-refractivity contribution in [2.24, 2.45) is 0 Å². The number of nitrogens with zero attached hydrogens (tertiary/aromatic N) is 3. The van der Waals surface area contributed by atoms with Gasteiger partial charge in [0.15, 0.2) is 17.3 Å². The van der Waals surface area contributed by atoms with Crippen molar-refractivity contribution in [1.29, 1.82) is 0 Å². The Labute approximate surface area is 202 Å². The molecule has 1 aromatic rings. The number of carbonyl (C=O) groups is 6. The van der Waals surface area contributed by atoms with Crippen molar-refractivity contribution in [2.45, 2.75) is 77.4 Å². The van der Waals surface area contributed by atoms with Gasteiger partial charge in [-0.1, -0.05) is 20.8 Å². The number of carbonyl (C=O) groups excluding carboxylic acids is 3. The lowest BCUT2D eigenvalue weighted by Crippen LogP contribution is -2.72. The number of hydrogen-bond donors (Lipinski definition) is 3. The average molecular weight is 513 g/mol. The molecule has 1 rings (SSSR count). The molecule has 3 atom stereocenters. The molecular formula is C21H27N3O12. The summed E-state index contributed by atoms with van der Waals surface area (Å²) in [6.45, 7) is 5.37. The second-order valence-electron chi connectivity index (χ2n) is 8.08. The van der Waals surface area contributed by atoms with E-state index in [1.54, 1.807) is 0 Å². The Morgan fingerprint density at radius 2 is 0.694 bits per heavy atom. The van der Waals surface area contributed by atoms with E-state index in [9.17, 15) is 58.5 Å². The van der Waals surface area contributed by atoms with Gasteiger partial charge in [0.05, 0.1) is 0 Å². The van der Waals surface area contributed by atoms with Gasteiger partial charge in [0.2, 0.25) is 16.6 Å². The van der Waals surface area contributed by atoms with E-state index in [1.165, 1.54) is 0 Å². The van der Waals surface area contributed by atoms with Crippen LogP contribution in [0.5, 0.6) is 0 Å². The molecular weight excluding hydrogens is 486 g/mol. The molecule has 0 bridgehead atoms. The summed E-state index contributed by atoms with van der Waals surface area (Å²) in [7, 11) is 0. The van der Waals surface area contributed by atoms with Crippen LogP contribution >= 0.6 is 0 Å². The van der Waals surface area contributed by atoms with Crippen LogP contribution in [0.3, 0.4) is 0 Å². The third-order valence-electron chi connectivity index (χ3n) is 6.64. The maximum atomic E-state index is 13.6. The van der Waals surface area contributed by atoms with Crippen molar-refractivity contribution in [2.75, 3.05) is 0 Å². The van der Waals surface area contributed by atoms with Crippen LogP contribution in [0, 0.1) is 0 Å². The molecule has 0 aromatic carbocycles. The van der Waals surface area contributed by atoms with Gasteiger partial charge in [0, 0.05) is 0 Å². The highest BCUT2D eigenvalue weighted by molar-refractivity contribution is 6.06. The SMILES string of the molecule is CCC(C(C)=O)(C(=O)O)n1c(=O)n(C(CC)(C(C)=O)C(=O)O)c(=O)n(C(CC)(C(C)=O)C(=O)O)c1=O. The molecule has 36 heavy (non-hydrogen) atoms. The first-order valence-electron chi connectivity index (χ1n) is 10.7. The second-order valence-corrected chi connectivity index (χ2v) is 8.08. The van der Waals surface area contributed by atoms with Crippen LogP contribution in [-0.2, 0) is 45.4 Å². The van der Waals surface area contributed by atoms with Crippen molar-refractivity contribution in [3.63, 3.8) is 0 Å². The van der Waals surface area contributed by atoms with Crippen LogP contribution in [-0.4, -0.2) is 64.3 Å². The van der Waals surface area contributed by atoms with E-state index in [1.807, 2.05) is 0 Å². The van der Waals surface area contributed by atoms with E-state index in [-0.39, 0.29) is 13.7 Å². The zero-order valence-electron chi connectivity index (χ0n) is 20.5. The lowest BCUT2D eigenvalue weighted by atomic mass is 9.89. The number of Topliss-reactive ketones (excluding diaryl/α,β-unsaturated/α-hetero) is 3. The molecule has 0 amide bonds. The molecule has 3 unspecified atom stereocenters. The highest BCUT2D eigenvalue weighted by Gasteiger charge is 2.55. The molecule has 0 aliphatic rings. The van der Waals surface area contributed by atoms with Gasteiger partial charge in [-0.2, -0.15) is 0 Å². The quantitative estimate of drug-likeness (QED) is 0.271. The molecule has 1 heterocycles. The van der Waals surface area contributed by atoms with Crippen molar-refractivity contribution < 1.29 is 44.1 Å². The largest absolute Gasteiger partial charge is 0.479 e. The monoisotopic (exact) mass is 513 g/mol. The third-order valence-corrected chi connectivity index (χ3v) is 6.64. The molecule has 0 aliphatic heterocycles. The lowest BCUT2D eigenvalue weighted by molar-refractivity contribution is -0.154. The minimum atomic E-state index is -3.05. The molecule has 0 fully saturated rings. The first-order chi connectivity index (χ1) is 16.4. The van der Waals surface area contributed by atoms with Gasteiger partial charge in [-0.15, -0.1) is 0 Å². The van der Waals surface area contributed by atoms with Gasteiger partial charge in [0.25, 0.3) is 0 Å². The topological polar surface area (TPSA) is 229 Å². The zero-order valence-corrected chi connectivity index (χ0v) is 20.5. The Balaban J connectivity index is 5.01. The predicted octanol–water partition coefficient (Wildman–Crippen LogP) is -1.49. The fraction of sp³-hybridized carbons (Fsp3) is 0.571. The van der Waals surface area contributed by atoms with Gasteiger partial charge >= 0.3 is 35.0 Å². The maximum absolute atomic E-state index is 13.6. The highest BCUT2D eigenvalue weighted by atomic mass is 16.4. The number of aliphatic carboxylic acids is 3. The van der Waals surface area contributed by atoms with Crippen LogP contribution in [0.1, 0.15) is 60.8 Å². The summed E-state index contributed by atoms with van der Waals surface area (Å²) in [5, 5.41) is 29.8. The minimum Gasteiger partial charge on any atom is -0.479 e. The molecule has 0 saturated carbocycles. The number of hydrogen-bond acceptors (Lipinski definition) is 9. The van der Waals surface area contributed by atoms with Crippen LogP contribution in [0.4, 0.5) is 0 Å². The van der Waals surface area contributed by atoms with Gasteiger partial charge in [-0.3, -0.25) is 14.4 Å². The van der Waals surface area contributed by atoms with E-state index in [0.29, 0.717) is 20.8 Å². The fourth-order valence-electron chi connectivity index (χ4n) is 4.41. The summed E-state index contributed by atoms with van der Waals surface area (Å²) >= 11 is 0. The highest BCUT2D eigenvalue weighted by Crippen LogP contribution is 2.25. The Hall–Kier alpha value is -4.17. The van der Waals surface area contributed by atoms with Gasteiger partial charge in [0.1, 0.15) is 0 Å². The van der Waals surface area contributed by atoms with Crippen LogP contribution in [0.2, 0.25) is 0 Å². The summed E-state index contributed by atoms with van der Waals surface area (Å²) in [6.07, 6.45) is -2.36. The third kappa shape index (κ3) is 3.61. The van der Waals surface area contributed by atoms with Gasteiger partial charge < -0.3 is 15.3 Å². The van der Waals surface area contributed by atoms with Crippen LogP contribution in [0.15, 0.2) is 14.4 Å². The summed E-state index contributed by atoms with van der Waals surface area (Å²) in [5.74, 6) is -10.1. The summed E-state index contributed by atoms with van der Waals surface area (Å²) in [5.41, 5.74) is -15.0. The smallest absolute Gasteiger partial charge is 0.339 e. The molecule has 0 spiro atoms. The van der Waals surface area contributed by atoms with Crippen molar-refractivity contribution in [3.05, 3.63) is 31.5 Å². The lowest BCUT2D eigenvalue weighted by Gasteiger charge is -2.35. The molecule has 1 aromatic heterocycles. The number of rotatable bonds is 12. The van der Waals surface area contributed by atoms with Crippen molar-refractivity contribution in [1.82, 2.24) is 13.7 Å². The predicted molar refractivity (Wildman–Crippen MR) is 119 cm³/mol. The second kappa shape index (κ2) is 9.83.